The van der Waals surface area contributed by atoms with Crippen molar-refractivity contribution in [3.8, 4) is 0 Å². The number of methoxy groups -OCH3 is 1. The number of ether oxygens (including phenoxy) is 16. The summed E-state index contributed by atoms with van der Waals surface area (Å²) in [4.78, 5) is 0. The third-order valence-electron chi connectivity index (χ3n) is 17.1. The molecule has 36 atom stereocenters. The van der Waals surface area contributed by atoms with Gasteiger partial charge in [0.25, 0.3) is 0 Å². The molecule has 0 saturated carbocycles. The first-order chi connectivity index (χ1) is 58.4. The first-order valence-corrected chi connectivity index (χ1v) is 45.0. The van der Waals surface area contributed by atoms with Crippen LogP contribution in [0.15, 0.2) is 0 Å². The summed E-state index contributed by atoms with van der Waals surface area (Å²) in [6, 6.07) is -6.24. The van der Waals surface area contributed by atoms with Gasteiger partial charge in [0.2, 0.25) is 62.4 Å². The largest absolute Gasteiger partial charge is 1.00 e. The minimum Gasteiger partial charge on any atom is -0.726 e. The molecule has 8 fully saturated rings. The van der Waals surface area contributed by atoms with Crippen LogP contribution in [0.25, 0.3) is 0 Å². The quantitative estimate of drug-likeness (QED) is 0.00313. The Kier molecular flexibility index (Phi) is 89.7. The van der Waals surface area contributed by atoms with Gasteiger partial charge in [-0.2, -0.15) is 17.3 Å². The maximum atomic E-state index is 12.1. The van der Waals surface area contributed by atoms with Crippen molar-refractivity contribution < 1.29 is 590 Å². The molecule has 19 N–H and O–H groups in total. The van der Waals surface area contributed by atoms with Gasteiger partial charge >= 0.3 is 296 Å². The molecule has 0 aromatic carbocycles. The van der Waals surface area contributed by atoms with Crippen LogP contribution >= 0.6 is 48.9 Å². The van der Waals surface area contributed by atoms with E-state index in [0.29, 0.717) is 0 Å². The zero-order valence-corrected chi connectivity index (χ0v) is 101. The van der Waals surface area contributed by atoms with E-state index in [4.69, 9.17) is 146 Å². The topological polar surface area (TPSA) is 1030 Å². The molecule has 8 heterocycles. The van der Waals surface area contributed by atoms with Crippen LogP contribution in [0.5, 0.6) is 0 Å². The van der Waals surface area contributed by atoms with E-state index in [1.54, 1.807) is 0 Å². The molecule has 87 heteroatoms. The minimum absolute atomic E-state index is 0. The molecule has 0 aromatic heterocycles. The maximum Gasteiger partial charge on any atom is 1.00 e. The molecule has 8 saturated heterocycles. The van der Waals surface area contributed by atoms with Crippen LogP contribution in [0.2, 0.25) is 0 Å². The number of aliphatic hydroxyl groups is 11. The van der Waals surface area contributed by atoms with Crippen LogP contribution in [0.3, 0.4) is 0 Å². The first-order valence-electron chi connectivity index (χ1n) is 33.9. The molecule has 0 amide bonds. The molecule has 0 spiro atoms. The SMILES string of the molecule is CO[C@H]1OC(COS(=O)(=O)[O-])[C@@H](O[C@H]2[CH-][C@H](O)[C@@H](O[C@@H]3OC(CO)[C@@H](O[C@H]4[CH-][C@H](O)[C@@H](O[C@@H]5OC(COS(=O)(=O)[O-])[C@@H](O[C@H]6[CH-][C@H](O)[C@@H](O[C@@H]7OC(CO)[C@@H](O[C@H]8[CH-][C@H](O)[C@H](O)C(C)O8)[C@H](O)C7NSOO[O-])C(C)O6)[C@H](O)C5NSOO[O-])C(C)O4)[C@H](O)C3NSOO[O-])C(C)O2)[C@H](O)C1NSOO[O-].O=S(=O)([O-])O.O=S(=O)([O-])O.O=S(=O)([O-])O.O=S(=O)([O-])O.[Na+].[Na+].[Na+].[Na+].[Na+].[Na+].[Na+].[Na+].[Na+].[Na+]. The summed E-state index contributed by atoms with van der Waals surface area (Å²) < 4.78 is 332. The zero-order chi connectivity index (χ0) is 95.5. The molecule has 8 aliphatic heterocycles. The zero-order valence-electron chi connectivity index (χ0n) is 73.3. The van der Waals surface area contributed by atoms with Gasteiger partial charge in [-0.1, -0.05) is 0 Å². The molecule has 0 aliphatic carbocycles. The average molecular weight is 2290 g/mol. The van der Waals surface area contributed by atoms with Gasteiger partial charge in [-0.05, 0) is 52.1 Å². The molecule has 136 heavy (non-hydrogen) atoms. The Morgan fingerprint density at radius 3 is 0.721 bits per heavy atom. The smallest absolute Gasteiger partial charge is 0.726 e. The number of hydrogen-bond donors (Lipinski definition) is 19. The Morgan fingerprint density at radius 1 is 0.309 bits per heavy atom. The van der Waals surface area contributed by atoms with Crippen LogP contribution in [0, 0.1) is 25.7 Å². The second-order valence-electron chi connectivity index (χ2n) is 25.5. The van der Waals surface area contributed by atoms with E-state index >= 15 is 0 Å². The second kappa shape index (κ2) is 77.4. The molecule has 67 nitrogen and oxygen atoms in total. The van der Waals surface area contributed by atoms with E-state index < -0.39 is 310 Å². The molecule has 0 bridgehead atoms. The Morgan fingerprint density at radius 2 is 0.515 bits per heavy atom. The number of rotatable bonds is 39. The summed E-state index contributed by atoms with van der Waals surface area (Å²) in [6.45, 7) is 1.28. The van der Waals surface area contributed by atoms with Crippen molar-refractivity contribution >= 4 is 111 Å². The normalized spacial score (nSPS) is 36.3. The summed E-state index contributed by atoms with van der Waals surface area (Å²) in [5.74, 6) is 0. The Balaban J connectivity index is -0.00000100. The van der Waals surface area contributed by atoms with Crippen molar-refractivity contribution in [2.24, 2.45) is 0 Å². The van der Waals surface area contributed by atoms with E-state index in [2.05, 4.69) is 64.7 Å². The Labute approximate surface area is 1010 Å². The van der Waals surface area contributed by atoms with Gasteiger partial charge in [0.15, 0.2) is 25.2 Å². The summed E-state index contributed by atoms with van der Waals surface area (Å²) in [5, 5.41) is 180. The van der Waals surface area contributed by atoms with Crippen molar-refractivity contribution in [3.05, 3.63) is 25.7 Å². The van der Waals surface area contributed by atoms with Crippen LogP contribution in [0.4, 0.5) is 0 Å². The Hall–Kier alpha value is 8.90. The summed E-state index contributed by atoms with van der Waals surface area (Å²) in [6.07, 6.45) is -48.1. The first kappa shape index (κ1) is 158. The van der Waals surface area contributed by atoms with Crippen LogP contribution < -0.4 is 335 Å². The second-order valence-corrected chi connectivity index (χ2v) is 33.2. The standard InChI is InChI=1S/C49H84N4O47S6.10Na.4H2O4S/c1-14-34(60)18(56)6-26(78-14)86-42-22(10-54)82-47(31(36(42)62)51-102-98-94-66)90-40-16(3)81-29(9-21(40)59)89-45-25(13-77-106(72,73)74)85-49(33(38(45)64)53-104-100-96-68)92-41-17(4)79-27(7-19(41)57)87-43-23(11-55)83-48(32(37(43)63)52-103-99-95-67)91-39-15(2)80-28(8-20(39)58)88-44-24(12-76-105(69,70)71)84-46(75-5)30(35(44)61)50-101-97-93-65;;;;;;;;;;;4*1-5(2,3)4/h6-9,14-68H,10-13H2,1-5H3,(H,69,70,71)(H,72,73,74);;;;;;;;;;;4*(H2,1,2,3,4)/q-4;10*+1;;;;/p-10/t14?,15?,16?,17?,18-,19-,20-,21-,22?,23?,24?,25?,26-,27-,28-,29-,30?,31?,32?,33?,34+,35+,36+,37+,38+,39-,40-,41-,42+,43+,44+,45+,46-,47-,48-,49-;;;;;;;;;;;;;;/m0............../s1. The van der Waals surface area contributed by atoms with Crippen molar-refractivity contribution in [2.75, 3.05) is 33.5 Å². The van der Waals surface area contributed by atoms with E-state index in [0.717, 1.165) is 32.8 Å². The van der Waals surface area contributed by atoms with Gasteiger partial charge in [0, 0.05) is 32.3 Å². The van der Waals surface area contributed by atoms with Crippen LogP contribution in [-0.2, 0) is 184 Å². The number of nitrogens with one attached hydrogen (secondary N) is 4. The molecule has 8 aliphatic rings. The van der Waals surface area contributed by atoms with E-state index in [-0.39, 0.29) is 344 Å². The van der Waals surface area contributed by atoms with Crippen molar-refractivity contribution in [1.29, 1.82) is 0 Å². The van der Waals surface area contributed by atoms with Gasteiger partial charge in [0.05, 0.1) is 99.4 Å². The fraction of sp³-hybridized carbons (Fsp3) is 0.918. The van der Waals surface area contributed by atoms with Crippen LogP contribution in [0.1, 0.15) is 27.7 Å². The monoisotopic (exact) mass is 2280 g/mol. The average Bonchev–Trinajstić information content (AvgIpc) is 0.782. The third kappa shape index (κ3) is 60.0. The van der Waals surface area contributed by atoms with Gasteiger partial charge in [-0.3, -0.25) is 46.7 Å². The fourth-order valence-corrected chi connectivity index (χ4v) is 14.4. The Bertz CT molecular complexity index is 3680. The van der Waals surface area contributed by atoms with Gasteiger partial charge < -0.3 is 180 Å². The number of aliphatic hydroxyl groups excluding tert-OH is 11. The summed E-state index contributed by atoms with van der Waals surface area (Å²) >= 11 is 0.431. The summed E-state index contributed by atoms with van der Waals surface area (Å²) in [5.41, 5.74) is 0. The number of hydrogen-bond acceptors (Lipinski definition) is 67. The van der Waals surface area contributed by atoms with Crippen molar-refractivity contribution in [1.82, 2.24) is 18.9 Å². The molecule has 750 valence electrons. The van der Waals surface area contributed by atoms with Crippen LogP contribution in [-0.4, -0.2) is 407 Å². The maximum absolute atomic E-state index is 12.1. The fourth-order valence-electron chi connectivity index (χ4n) is 12.1. The molecular formula is C49H82N4Na10O63S10-4. The summed E-state index contributed by atoms with van der Waals surface area (Å²) in [7, 11) is -29.5. The van der Waals surface area contributed by atoms with E-state index in [9.17, 15) is 103 Å². The van der Waals surface area contributed by atoms with E-state index in [1.165, 1.54) is 27.7 Å². The van der Waals surface area contributed by atoms with Gasteiger partial charge in [0.1, 0.15) is 122 Å². The van der Waals surface area contributed by atoms with Crippen molar-refractivity contribution in [2.45, 2.75) is 249 Å². The molecule has 12 unspecified atom stereocenters. The third-order valence-corrected chi connectivity index (χ3v) is 19.9. The predicted molar refractivity (Wildman–Crippen MR) is 366 cm³/mol. The molecule has 8 rings (SSSR count). The van der Waals surface area contributed by atoms with Gasteiger partial charge in [-0.15, -0.1) is 0 Å². The molecule has 0 radical (unpaired) electrons. The van der Waals surface area contributed by atoms with Crippen molar-refractivity contribution in [3.63, 3.8) is 0 Å². The van der Waals surface area contributed by atoms with Gasteiger partial charge in [-0.25, -0.2) is 95.1 Å². The predicted octanol–water partition coefficient (Wildman–Crippen LogP) is -47.8. The van der Waals surface area contributed by atoms with E-state index in [1.807, 2.05) is 0 Å². The minimum atomic E-state index is -5.58. The molecular weight excluding hydrogens is 2200 g/mol. The molecule has 0 aromatic rings.